The number of phenolic OH excluding ortho intramolecular Hbond substituents is 1. The minimum atomic E-state index is -0.863. The maximum absolute atomic E-state index is 13.4. The Hall–Kier alpha value is -2.40. The molecule has 0 saturated carbocycles. The summed E-state index contributed by atoms with van der Waals surface area (Å²) in [6.07, 6.45) is 0. The molecule has 0 spiro atoms. The van der Waals surface area contributed by atoms with Gasteiger partial charge in [0.15, 0.2) is 0 Å². The van der Waals surface area contributed by atoms with Crippen LogP contribution in [0, 0.1) is 11.7 Å². The normalized spacial score (nSPS) is 21.4. The van der Waals surface area contributed by atoms with Gasteiger partial charge in [0.1, 0.15) is 11.6 Å². The van der Waals surface area contributed by atoms with Gasteiger partial charge in [-0.15, -0.1) is 0 Å². The molecular formula is C18H18FNO3. The maximum Gasteiger partial charge on any atom is 0.308 e. The largest absolute Gasteiger partial charge is 0.508 e. The Balaban J connectivity index is 1.79. The maximum atomic E-state index is 13.4. The van der Waals surface area contributed by atoms with Crippen molar-refractivity contribution in [2.75, 3.05) is 13.1 Å². The topological polar surface area (TPSA) is 60.8 Å². The number of hydrogen-bond acceptors (Lipinski definition) is 3. The SMILES string of the molecule is O=C(O)[C@@H]1CN(Cc2cccc(O)c2)C[C@H]1c1cccc(F)c1. The van der Waals surface area contributed by atoms with Crippen LogP contribution < -0.4 is 0 Å². The average Bonchev–Trinajstić information content (AvgIpc) is 2.91. The molecule has 1 fully saturated rings. The molecule has 1 aliphatic rings. The van der Waals surface area contributed by atoms with E-state index in [0.29, 0.717) is 19.6 Å². The van der Waals surface area contributed by atoms with Gasteiger partial charge in [-0.2, -0.15) is 0 Å². The third kappa shape index (κ3) is 3.51. The number of nitrogens with zero attached hydrogens (tertiary/aromatic N) is 1. The third-order valence-corrected chi connectivity index (χ3v) is 4.31. The van der Waals surface area contributed by atoms with E-state index in [1.807, 2.05) is 11.0 Å². The molecule has 2 N–H and O–H groups in total. The fourth-order valence-corrected chi connectivity index (χ4v) is 3.25. The summed E-state index contributed by atoms with van der Waals surface area (Å²) >= 11 is 0. The zero-order valence-electron chi connectivity index (χ0n) is 12.5. The van der Waals surface area contributed by atoms with Gasteiger partial charge in [0.25, 0.3) is 0 Å². The van der Waals surface area contributed by atoms with E-state index in [-0.39, 0.29) is 17.5 Å². The molecule has 2 aromatic rings. The highest BCUT2D eigenvalue weighted by atomic mass is 19.1. The molecule has 3 rings (SSSR count). The molecule has 0 aliphatic carbocycles. The van der Waals surface area contributed by atoms with Gasteiger partial charge in [-0.05, 0) is 35.4 Å². The van der Waals surface area contributed by atoms with Crippen LogP contribution >= 0.6 is 0 Å². The van der Waals surface area contributed by atoms with Crippen molar-refractivity contribution in [3.05, 3.63) is 65.5 Å². The van der Waals surface area contributed by atoms with Crippen molar-refractivity contribution in [1.82, 2.24) is 4.90 Å². The van der Waals surface area contributed by atoms with Gasteiger partial charge >= 0.3 is 5.97 Å². The molecule has 120 valence electrons. The predicted octanol–water partition coefficient (Wildman–Crippen LogP) is 2.83. The molecule has 1 aliphatic heterocycles. The van der Waals surface area contributed by atoms with E-state index in [0.717, 1.165) is 11.1 Å². The second kappa shape index (κ2) is 6.38. The van der Waals surface area contributed by atoms with E-state index >= 15 is 0 Å². The number of hydrogen-bond donors (Lipinski definition) is 2. The van der Waals surface area contributed by atoms with Crippen molar-refractivity contribution >= 4 is 5.97 Å². The van der Waals surface area contributed by atoms with Crippen LogP contribution in [0.15, 0.2) is 48.5 Å². The first-order valence-corrected chi connectivity index (χ1v) is 7.51. The summed E-state index contributed by atoms with van der Waals surface area (Å²) in [7, 11) is 0. The summed E-state index contributed by atoms with van der Waals surface area (Å²) in [4.78, 5) is 13.6. The number of halogens is 1. The Kier molecular flexibility index (Phi) is 4.30. The van der Waals surface area contributed by atoms with Crippen LogP contribution in [0.25, 0.3) is 0 Å². The van der Waals surface area contributed by atoms with Gasteiger partial charge in [-0.1, -0.05) is 24.3 Å². The second-order valence-corrected chi connectivity index (χ2v) is 5.97. The molecule has 2 aromatic carbocycles. The highest BCUT2D eigenvalue weighted by molar-refractivity contribution is 5.72. The summed E-state index contributed by atoms with van der Waals surface area (Å²) in [6.45, 7) is 1.52. The fourth-order valence-electron chi connectivity index (χ4n) is 3.25. The first-order chi connectivity index (χ1) is 11.0. The Labute approximate surface area is 133 Å². The standard InChI is InChI=1S/C18H18FNO3/c19-14-5-2-4-13(8-14)16-10-20(11-17(16)18(22)23)9-12-3-1-6-15(21)7-12/h1-8,16-17,21H,9-11H2,(H,22,23)/t16-,17+/m0/s1. The summed E-state index contributed by atoms with van der Waals surface area (Å²) in [5, 5.41) is 19.0. The van der Waals surface area contributed by atoms with Crippen LogP contribution in [0.1, 0.15) is 17.0 Å². The molecule has 23 heavy (non-hydrogen) atoms. The van der Waals surface area contributed by atoms with Crippen LogP contribution in [-0.4, -0.2) is 34.2 Å². The number of phenols is 1. The zero-order chi connectivity index (χ0) is 16.4. The lowest BCUT2D eigenvalue weighted by atomic mass is 9.89. The van der Waals surface area contributed by atoms with E-state index in [1.54, 1.807) is 30.3 Å². The average molecular weight is 315 g/mol. The highest BCUT2D eigenvalue weighted by Crippen LogP contribution is 2.34. The lowest BCUT2D eigenvalue weighted by Crippen LogP contribution is -2.23. The molecule has 0 aromatic heterocycles. The molecule has 0 unspecified atom stereocenters. The number of carboxylic acid groups (broad SMARTS) is 1. The lowest BCUT2D eigenvalue weighted by molar-refractivity contribution is -0.141. The summed E-state index contributed by atoms with van der Waals surface area (Å²) in [5.74, 6) is -1.82. The minimum absolute atomic E-state index is 0.193. The van der Waals surface area contributed by atoms with Crippen molar-refractivity contribution in [3.8, 4) is 5.75 Å². The number of carboxylic acids is 1. The Morgan fingerprint density at radius 1 is 1.17 bits per heavy atom. The first kappa shape index (κ1) is 15.5. The van der Waals surface area contributed by atoms with E-state index in [2.05, 4.69) is 0 Å². The van der Waals surface area contributed by atoms with Crippen LogP contribution in [0.4, 0.5) is 4.39 Å². The highest BCUT2D eigenvalue weighted by Gasteiger charge is 2.38. The van der Waals surface area contributed by atoms with Gasteiger partial charge in [0.2, 0.25) is 0 Å². The van der Waals surface area contributed by atoms with Crippen LogP contribution in [0.3, 0.4) is 0 Å². The Morgan fingerprint density at radius 2 is 1.96 bits per heavy atom. The number of carbonyl (C=O) groups is 1. The Morgan fingerprint density at radius 3 is 2.65 bits per heavy atom. The van der Waals surface area contributed by atoms with E-state index < -0.39 is 11.9 Å². The smallest absolute Gasteiger partial charge is 0.308 e. The van der Waals surface area contributed by atoms with Gasteiger partial charge < -0.3 is 10.2 Å². The third-order valence-electron chi connectivity index (χ3n) is 4.31. The van der Waals surface area contributed by atoms with E-state index in [1.165, 1.54) is 12.1 Å². The number of aromatic hydroxyl groups is 1. The van der Waals surface area contributed by atoms with Crippen molar-refractivity contribution < 1.29 is 19.4 Å². The van der Waals surface area contributed by atoms with Gasteiger partial charge in [0.05, 0.1) is 5.92 Å². The number of rotatable bonds is 4. The van der Waals surface area contributed by atoms with Gasteiger partial charge in [-0.3, -0.25) is 9.69 Å². The molecule has 5 heteroatoms. The van der Waals surface area contributed by atoms with Crippen molar-refractivity contribution in [2.24, 2.45) is 5.92 Å². The van der Waals surface area contributed by atoms with Gasteiger partial charge in [0, 0.05) is 25.6 Å². The molecule has 4 nitrogen and oxygen atoms in total. The first-order valence-electron chi connectivity index (χ1n) is 7.51. The fraction of sp³-hybridized carbons (Fsp3) is 0.278. The molecule has 2 atom stereocenters. The molecular weight excluding hydrogens is 297 g/mol. The second-order valence-electron chi connectivity index (χ2n) is 5.97. The summed E-state index contributed by atoms with van der Waals surface area (Å²) in [6, 6.07) is 13.1. The molecule has 0 amide bonds. The summed E-state index contributed by atoms with van der Waals surface area (Å²) in [5.41, 5.74) is 1.64. The van der Waals surface area contributed by atoms with Crippen LogP contribution in [0.2, 0.25) is 0 Å². The number of benzene rings is 2. The van der Waals surface area contributed by atoms with Crippen molar-refractivity contribution in [2.45, 2.75) is 12.5 Å². The van der Waals surface area contributed by atoms with Crippen molar-refractivity contribution in [3.63, 3.8) is 0 Å². The number of likely N-dealkylation sites (tertiary alicyclic amines) is 1. The molecule has 0 bridgehead atoms. The molecule has 0 radical (unpaired) electrons. The van der Waals surface area contributed by atoms with E-state index in [9.17, 15) is 19.4 Å². The lowest BCUT2D eigenvalue weighted by Gasteiger charge is -2.16. The van der Waals surface area contributed by atoms with E-state index in [4.69, 9.17) is 0 Å². The Bertz CT molecular complexity index is 719. The molecule has 1 heterocycles. The van der Waals surface area contributed by atoms with Crippen molar-refractivity contribution in [1.29, 1.82) is 0 Å². The summed E-state index contributed by atoms with van der Waals surface area (Å²) < 4.78 is 13.4. The van der Waals surface area contributed by atoms with Crippen LogP contribution in [0.5, 0.6) is 5.75 Å². The minimum Gasteiger partial charge on any atom is -0.508 e. The van der Waals surface area contributed by atoms with Crippen LogP contribution in [-0.2, 0) is 11.3 Å². The number of aliphatic carboxylic acids is 1. The monoisotopic (exact) mass is 315 g/mol. The van der Waals surface area contributed by atoms with Gasteiger partial charge in [-0.25, -0.2) is 4.39 Å². The zero-order valence-corrected chi connectivity index (χ0v) is 12.5. The predicted molar refractivity (Wildman–Crippen MR) is 83.7 cm³/mol. The quantitative estimate of drug-likeness (QED) is 0.911. The molecule has 1 saturated heterocycles.